The SMILES string of the molecule is CCOC(=O)c1ccncc1S(=O)(=O)NCC1(F)CCC1. The molecule has 1 N–H and O–H groups in total. The third-order valence-corrected chi connectivity index (χ3v) is 4.83. The highest BCUT2D eigenvalue weighted by atomic mass is 32.2. The van der Waals surface area contributed by atoms with Gasteiger partial charge in [-0.15, -0.1) is 0 Å². The maximum atomic E-state index is 13.9. The minimum atomic E-state index is -4.02. The zero-order chi connectivity index (χ0) is 15.5. The Labute approximate surface area is 122 Å². The Morgan fingerprint density at radius 3 is 2.81 bits per heavy atom. The molecule has 1 saturated carbocycles. The number of pyridine rings is 1. The first-order valence-corrected chi connectivity index (χ1v) is 8.16. The van der Waals surface area contributed by atoms with Crippen LogP contribution in [-0.4, -0.2) is 38.2 Å². The number of carbonyl (C=O) groups excluding carboxylic acids is 1. The molecule has 1 aromatic heterocycles. The van der Waals surface area contributed by atoms with Crippen molar-refractivity contribution in [3.8, 4) is 0 Å². The second-order valence-electron chi connectivity index (χ2n) is 4.92. The summed E-state index contributed by atoms with van der Waals surface area (Å²) >= 11 is 0. The molecule has 1 fully saturated rings. The Balaban J connectivity index is 2.21. The first-order chi connectivity index (χ1) is 9.88. The largest absolute Gasteiger partial charge is 0.462 e. The predicted octanol–water partition coefficient (Wildman–Crippen LogP) is 1.43. The van der Waals surface area contributed by atoms with Gasteiger partial charge in [-0.25, -0.2) is 22.3 Å². The van der Waals surface area contributed by atoms with Crippen molar-refractivity contribution in [3.63, 3.8) is 0 Å². The average molecular weight is 316 g/mol. The second kappa shape index (κ2) is 6.07. The lowest BCUT2D eigenvalue weighted by Crippen LogP contribution is -2.44. The van der Waals surface area contributed by atoms with Crippen LogP contribution >= 0.6 is 0 Å². The number of sulfonamides is 1. The third-order valence-electron chi connectivity index (χ3n) is 3.40. The van der Waals surface area contributed by atoms with Crippen LogP contribution in [0.25, 0.3) is 0 Å². The highest BCUT2D eigenvalue weighted by Gasteiger charge is 2.38. The monoisotopic (exact) mass is 316 g/mol. The first kappa shape index (κ1) is 15.8. The Hall–Kier alpha value is -1.54. The van der Waals surface area contributed by atoms with Crippen LogP contribution in [-0.2, 0) is 14.8 Å². The highest BCUT2D eigenvalue weighted by molar-refractivity contribution is 7.89. The van der Waals surface area contributed by atoms with Gasteiger partial charge in [0.1, 0.15) is 10.6 Å². The van der Waals surface area contributed by atoms with E-state index in [4.69, 9.17) is 4.74 Å². The topological polar surface area (TPSA) is 85.4 Å². The molecule has 0 aromatic carbocycles. The van der Waals surface area contributed by atoms with Gasteiger partial charge in [-0.1, -0.05) is 0 Å². The molecule has 21 heavy (non-hydrogen) atoms. The molecule has 0 bridgehead atoms. The Morgan fingerprint density at radius 2 is 2.24 bits per heavy atom. The molecule has 0 spiro atoms. The average Bonchev–Trinajstić information content (AvgIpc) is 2.43. The van der Waals surface area contributed by atoms with E-state index in [1.165, 1.54) is 12.3 Å². The molecular weight excluding hydrogens is 299 g/mol. The van der Waals surface area contributed by atoms with E-state index >= 15 is 0 Å². The molecule has 0 saturated heterocycles. The lowest BCUT2D eigenvalue weighted by molar-refractivity contribution is 0.0521. The van der Waals surface area contributed by atoms with Crippen molar-refractivity contribution in [1.29, 1.82) is 0 Å². The number of hydrogen-bond donors (Lipinski definition) is 1. The molecule has 6 nitrogen and oxygen atoms in total. The molecule has 1 heterocycles. The number of aromatic nitrogens is 1. The predicted molar refractivity (Wildman–Crippen MR) is 73.1 cm³/mol. The molecule has 116 valence electrons. The fourth-order valence-electron chi connectivity index (χ4n) is 2.01. The number of esters is 1. The van der Waals surface area contributed by atoms with Crippen molar-refractivity contribution in [1.82, 2.24) is 9.71 Å². The summed E-state index contributed by atoms with van der Waals surface area (Å²) in [6.45, 7) is 1.45. The molecule has 1 aromatic rings. The van der Waals surface area contributed by atoms with Crippen LogP contribution in [0.1, 0.15) is 36.5 Å². The summed E-state index contributed by atoms with van der Waals surface area (Å²) in [7, 11) is -4.02. The van der Waals surface area contributed by atoms with Crippen molar-refractivity contribution in [3.05, 3.63) is 24.0 Å². The van der Waals surface area contributed by atoms with Crippen LogP contribution in [0.15, 0.2) is 23.4 Å². The van der Waals surface area contributed by atoms with Crippen LogP contribution in [0.3, 0.4) is 0 Å². The van der Waals surface area contributed by atoms with E-state index in [0.29, 0.717) is 12.8 Å². The van der Waals surface area contributed by atoms with E-state index in [-0.39, 0.29) is 23.6 Å². The fraction of sp³-hybridized carbons (Fsp3) is 0.538. The zero-order valence-electron chi connectivity index (χ0n) is 11.6. The van der Waals surface area contributed by atoms with Crippen molar-refractivity contribution in [2.45, 2.75) is 36.8 Å². The van der Waals surface area contributed by atoms with Gasteiger partial charge in [0.2, 0.25) is 10.0 Å². The van der Waals surface area contributed by atoms with Gasteiger partial charge in [0.15, 0.2) is 0 Å². The van der Waals surface area contributed by atoms with Gasteiger partial charge in [-0.05, 0) is 32.3 Å². The van der Waals surface area contributed by atoms with E-state index in [2.05, 4.69) is 9.71 Å². The van der Waals surface area contributed by atoms with Crippen molar-refractivity contribution in [2.75, 3.05) is 13.2 Å². The molecule has 1 aliphatic rings. The van der Waals surface area contributed by atoms with E-state index in [1.54, 1.807) is 6.92 Å². The summed E-state index contributed by atoms with van der Waals surface area (Å²) in [5.74, 6) is -0.751. The highest BCUT2D eigenvalue weighted by Crippen LogP contribution is 2.35. The first-order valence-electron chi connectivity index (χ1n) is 6.68. The molecule has 0 aliphatic heterocycles. The van der Waals surface area contributed by atoms with Crippen LogP contribution in [0, 0.1) is 0 Å². The van der Waals surface area contributed by atoms with Crippen molar-refractivity contribution >= 4 is 16.0 Å². The number of halogens is 1. The number of nitrogens with one attached hydrogen (secondary N) is 1. The lowest BCUT2D eigenvalue weighted by atomic mass is 9.82. The second-order valence-corrected chi connectivity index (χ2v) is 6.66. The summed E-state index contributed by atoms with van der Waals surface area (Å²) < 4.78 is 45.4. The van der Waals surface area contributed by atoms with Crippen LogP contribution in [0.5, 0.6) is 0 Å². The van der Waals surface area contributed by atoms with E-state index in [0.717, 1.165) is 12.6 Å². The van der Waals surface area contributed by atoms with Crippen LogP contribution < -0.4 is 4.72 Å². The van der Waals surface area contributed by atoms with Crippen LogP contribution in [0.2, 0.25) is 0 Å². The number of ether oxygens (including phenoxy) is 1. The summed E-state index contributed by atoms with van der Waals surface area (Å²) in [5.41, 5.74) is -1.60. The standard InChI is InChI=1S/C13H17FN2O4S/c1-2-20-12(17)10-4-7-15-8-11(10)21(18,19)16-9-13(14)5-3-6-13/h4,7-8,16H,2-3,5-6,9H2,1H3. The van der Waals surface area contributed by atoms with E-state index in [9.17, 15) is 17.6 Å². The van der Waals surface area contributed by atoms with Gasteiger partial charge in [0, 0.05) is 18.9 Å². The molecule has 0 radical (unpaired) electrons. The molecule has 0 atom stereocenters. The summed E-state index contributed by atoms with van der Waals surface area (Å²) in [4.78, 5) is 15.2. The van der Waals surface area contributed by atoms with Gasteiger partial charge in [-0.3, -0.25) is 4.98 Å². The molecule has 0 unspecified atom stereocenters. The Morgan fingerprint density at radius 1 is 1.52 bits per heavy atom. The maximum Gasteiger partial charge on any atom is 0.339 e. The molecule has 8 heteroatoms. The molecule has 2 rings (SSSR count). The van der Waals surface area contributed by atoms with Gasteiger partial charge < -0.3 is 4.74 Å². The zero-order valence-corrected chi connectivity index (χ0v) is 12.5. The van der Waals surface area contributed by atoms with Crippen molar-refractivity contribution in [2.24, 2.45) is 0 Å². The molecule has 0 amide bonds. The fourth-order valence-corrected chi connectivity index (χ4v) is 3.26. The minimum Gasteiger partial charge on any atom is -0.462 e. The quantitative estimate of drug-likeness (QED) is 0.802. The van der Waals surface area contributed by atoms with Gasteiger partial charge in [0.25, 0.3) is 0 Å². The molecule has 1 aliphatic carbocycles. The number of rotatable bonds is 6. The Bertz CT molecular complexity index is 629. The van der Waals surface area contributed by atoms with Gasteiger partial charge >= 0.3 is 5.97 Å². The number of hydrogen-bond acceptors (Lipinski definition) is 5. The smallest absolute Gasteiger partial charge is 0.339 e. The Kier molecular flexibility index (Phi) is 4.58. The summed E-state index contributed by atoms with van der Waals surface area (Å²) in [5, 5.41) is 0. The van der Waals surface area contributed by atoms with Crippen LogP contribution in [0.4, 0.5) is 4.39 Å². The number of alkyl halides is 1. The number of carbonyl (C=O) groups is 1. The summed E-state index contributed by atoms with van der Waals surface area (Å²) in [6, 6.07) is 1.26. The summed E-state index contributed by atoms with van der Waals surface area (Å²) in [6.07, 6.45) is 3.79. The van der Waals surface area contributed by atoms with Crippen molar-refractivity contribution < 1.29 is 22.3 Å². The van der Waals surface area contributed by atoms with E-state index < -0.39 is 21.7 Å². The van der Waals surface area contributed by atoms with Gasteiger partial charge in [0.05, 0.1) is 12.2 Å². The normalized spacial score (nSPS) is 17.0. The lowest BCUT2D eigenvalue weighted by Gasteiger charge is -2.33. The molecular formula is C13H17FN2O4S. The van der Waals surface area contributed by atoms with Gasteiger partial charge in [-0.2, -0.15) is 0 Å². The number of nitrogens with zero attached hydrogens (tertiary/aromatic N) is 1. The minimum absolute atomic E-state index is 0.110. The third kappa shape index (κ3) is 3.56. The maximum absolute atomic E-state index is 13.9. The van der Waals surface area contributed by atoms with E-state index in [1.807, 2.05) is 0 Å².